The highest BCUT2D eigenvalue weighted by atomic mass is 16.5. The molecular weight excluding hydrogens is 150 g/mol. The molecule has 0 aromatic carbocycles. The molecule has 2 aliphatic rings. The molecule has 0 bridgehead atoms. The Morgan fingerprint density at radius 2 is 2.17 bits per heavy atom. The molecule has 0 radical (unpaired) electrons. The number of hydrogen-bond acceptors (Lipinski definition) is 2. The summed E-state index contributed by atoms with van der Waals surface area (Å²) in [6, 6.07) is 0. The van der Waals surface area contributed by atoms with Crippen LogP contribution < -0.4 is 5.32 Å². The van der Waals surface area contributed by atoms with Crippen molar-refractivity contribution >= 4 is 0 Å². The van der Waals surface area contributed by atoms with Gasteiger partial charge in [0, 0.05) is 0 Å². The summed E-state index contributed by atoms with van der Waals surface area (Å²) in [5.74, 6) is 0. The van der Waals surface area contributed by atoms with Crippen LogP contribution in [0.4, 0.5) is 0 Å². The van der Waals surface area contributed by atoms with Gasteiger partial charge in [0.05, 0.1) is 12.7 Å². The standard InChI is InChI=1S/C10H19NO/c1-2-9-7-10(8-12-9)3-5-11-6-4-10/h9,11H,2-8H2,1H3. The van der Waals surface area contributed by atoms with E-state index in [1.54, 1.807) is 0 Å². The van der Waals surface area contributed by atoms with Gasteiger partial charge in [-0.2, -0.15) is 0 Å². The van der Waals surface area contributed by atoms with Crippen LogP contribution in [0.3, 0.4) is 0 Å². The van der Waals surface area contributed by atoms with Crippen molar-refractivity contribution in [3.8, 4) is 0 Å². The van der Waals surface area contributed by atoms with Crippen molar-refractivity contribution in [2.24, 2.45) is 5.41 Å². The number of rotatable bonds is 1. The molecule has 1 unspecified atom stereocenters. The van der Waals surface area contributed by atoms with E-state index < -0.39 is 0 Å². The van der Waals surface area contributed by atoms with Crippen molar-refractivity contribution in [1.82, 2.24) is 5.32 Å². The predicted molar refractivity (Wildman–Crippen MR) is 49.2 cm³/mol. The maximum absolute atomic E-state index is 5.77. The molecule has 2 saturated heterocycles. The molecule has 0 aliphatic carbocycles. The van der Waals surface area contributed by atoms with E-state index in [1.807, 2.05) is 0 Å². The molecule has 1 atom stereocenters. The van der Waals surface area contributed by atoms with Crippen molar-refractivity contribution < 1.29 is 4.74 Å². The Balaban J connectivity index is 1.94. The number of ether oxygens (including phenoxy) is 1. The minimum absolute atomic E-state index is 0.558. The summed E-state index contributed by atoms with van der Waals surface area (Å²) >= 11 is 0. The van der Waals surface area contributed by atoms with Crippen LogP contribution in [0.1, 0.15) is 32.6 Å². The second-order valence-corrected chi connectivity index (χ2v) is 4.30. The van der Waals surface area contributed by atoms with Gasteiger partial charge in [-0.15, -0.1) is 0 Å². The lowest BCUT2D eigenvalue weighted by Crippen LogP contribution is -2.37. The third kappa shape index (κ3) is 1.50. The van der Waals surface area contributed by atoms with Crippen LogP contribution >= 0.6 is 0 Å². The van der Waals surface area contributed by atoms with Gasteiger partial charge in [-0.25, -0.2) is 0 Å². The molecule has 1 N–H and O–H groups in total. The summed E-state index contributed by atoms with van der Waals surface area (Å²) < 4.78 is 5.77. The fourth-order valence-electron chi connectivity index (χ4n) is 2.46. The van der Waals surface area contributed by atoms with Gasteiger partial charge in [0.1, 0.15) is 0 Å². The monoisotopic (exact) mass is 169 g/mol. The van der Waals surface area contributed by atoms with Crippen LogP contribution in [0.2, 0.25) is 0 Å². The molecule has 2 rings (SSSR count). The lowest BCUT2D eigenvalue weighted by Gasteiger charge is -2.32. The van der Waals surface area contributed by atoms with Gasteiger partial charge in [-0.3, -0.25) is 0 Å². The van der Waals surface area contributed by atoms with Crippen LogP contribution in [0.25, 0.3) is 0 Å². The fourth-order valence-corrected chi connectivity index (χ4v) is 2.46. The van der Waals surface area contributed by atoms with Gasteiger partial charge in [0.15, 0.2) is 0 Å². The Morgan fingerprint density at radius 3 is 2.75 bits per heavy atom. The van der Waals surface area contributed by atoms with Crippen molar-refractivity contribution in [3.05, 3.63) is 0 Å². The normalized spacial score (nSPS) is 34.2. The maximum atomic E-state index is 5.77. The number of piperidine rings is 1. The molecular formula is C10H19NO. The first-order chi connectivity index (χ1) is 5.85. The molecule has 70 valence electrons. The third-order valence-corrected chi connectivity index (χ3v) is 3.41. The Hall–Kier alpha value is -0.0800. The zero-order valence-electron chi connectivity index (χ0n) is 7.94. The summed E-state index contributed by atoms with van der Waals surface area (Å²) in [5.41, 5.74) is 0.561. The molecule has 2 aliphatic heterocycles. The van der Waals surface area contributed by atoms with Gasteiger partial charge in [0.25, 0.3) is 0 Å². The lowest BCUT2D eigenvalue weighted by atomic mass is 9.77. The summed E-state index contributed by atoms with van der Waals surface area (Å²) in [7, 11) is 0. The molecule has 0 aromatic rings. The minimum atomic E-state index is 0.558. The van der Waals surface area contributed by atoms with Crippen LogP contribution in [-0.2, 0) is 4.74 Å². The zero-order chi connectivity index (χ0) is 8.44. The van der Waals surface area contributed by atoms with E-state index in [0.29, 0.717) is 11.5 Å². The van der Waals surface area contributed by atoms with E-state index in [0.717, 1.165) is 6.61 Å². The second-order valence-electron chi connectivity index (χ2n) is 4.30. The van der Waals surface area contributed by atoms with E-state index >= 15 is 0 Å². The average molecular weight is 169 g/mol. The topological polar surface area (TPSA) is 21.3 Å². The lowest BCUT2D eigenvalue weighted by molar-refractivity contribution is 0.0847. The van der Waals surface area contributed by atoms with Gasteiger partial charge >= 0.3 is 0 Å². The SMILES string of the molecule is CCC1CC2(CCNCC2)CO1. The molecule has 1 spiro atoms. The van der Waals surface area contributed by atoms with Crippen molar-refractivity contribution in [1.29, 1.82) is 0 Å². The van der Waals surface area contributed by atoms with E-state index in [-0.39, 0.29) is 0 Å². The van der Waals surface area contributed by atoms with Crippen LogP contribution in [0.15, 0.2) is 0 Å². The van der Waals surface area contributed by atoms with E-state index in [1.165, 1.54) is 38.8 Å². The molecule has 0 aromatic heterocycles. The summed E-state index contributed by atoms with van der Waals surface area (Å²) in [5, 5.41) is 3.41. The highest BCUT2D eigenvalue weighted by molar-refractivity contribution is 4.90. The highest BCUT2D eigenvalue weighted by Gasteiger charge is 2.39. The molecule has 12 heavy (non-hydrogen) atoms. The minimum Gasteiger partial charge on any atom is -0.378 e. The smallest absolute Gasteiger partial charge is 0.0579 e. The predicted octanol–water partition coefficient (Wildman–Crippen LogP) is 1.56. The van der Waals surface area contributed by atoms with Gasteiger partial charge in [-0.1, -0.05) is 6.92 Å². The molecule has 2 nitrogen and oxygen atoms in total. The average Bonchev–Trinajstić information content (AvgIpc) is 2.50. The first kappa shape index (κ1) is 8.52. The third-order valence-electron chi connectivity index (χ3n) is 3.41. The molecule has 0 saturated carbocycles. The summed E-state index contributed by atoms with van der Waals surface area (Å²) in [6.45, 7) is 5.64. The molecule has 0 amide bonds. The van der Waals surface area contributed by atoms with E-state index in [2.05, 4.69) is 12.2 Å². The molecule has 2 heteroatoms. The Bertz CT molecular complexity index is 152. The zero-order valence-corrected chi connectivity index (χ0v) is 7.94. The van der Waals surface area contributed by atoms with Crippen molar-refractivity contribution in [2.75, 3.05) is 19.7 Å². The number of nitrogens with one attached hydrogen (secondary N) is 1. The van der Waals surface area contributed by atoms with Crippen molar-refractivity contribution in [3.63, 3.8) is 0 Å². The Kier molecular flexibility index (Phi) is 2.37. The largest absolute Gasteiger partial charge is 0.378 e. The fraction of sp³-hybridized carbons (Fsp3) is 1.00. The molecule has 2 heterocycles. The second kappa shape index (κ2) is 3.35. The van der Waals surface area contributed by atoms with Gasteiger partial charge in [0.2, 0.25) is 0 Å². The van der Waals surface area contributed by atoms with Crippen LogP contribution in [0, 0.1) is 5.41 Å². The van der Waals surface area contributed by atoms with Gasteiger partial charge in [-0.05, 0) is 44.2 Å². The first-order valence-electron chi connectivity index (χ1n) is 5.17. The quantitative estimate of drug-likeness (QED) is 0.643. The molecule has 2 fully saturated rings. The maximum Gasteiger partial charge on any atom is 0.0579 e. The summed E-state index contributed by atoms with van der Waals surface area (Å²) in [6.07, 6.45) is 5.70. The Labute approximate surface area is 74.7 Å². The van der Waals surface area contributed by atoms with Crippen LogP contribution in [-0.4, -0.2) is 25.8 Å². The van der Waals surface area contributed by atoms with E-state index in [4.69, 9.17) is 4.74 Å². The van der Waals surface area contributed by atoms with E-state index in [9.17, 15) is 0 Å². The van der Waals surface area contributed by atoms with Crippen molar-refractivity contribution in [2.45, 2.75) is 38.7 Å². The van der Waals surface area contributed by atoms with Gasteiger partial charge < -0.3 is 10.1 Å². The Morgan fingerprint density at radius 1 is 1.42 bits per heavy atom. The highest BCUT2D eigenvalue weighted by Crippen LogP contribution is 2.40. The van der Waals surface area contributed by atoms with Crippen LogP contribution in [0.5, 0.6) is 0 Å². The first-order valence-corrected chi connectivity index (χ1v) is 5.17. The summed E-state index contributed by atoms with van der Waals surface area (Å²) in [4.78, 5) is 0. The number of hydrogen-bond donors (Lipinski definition) is 1.